The van der Waals surface area contributed by atoms with Crippen molar-refractivity contribution < 1.29 is 9.84 Å². The van der Waals surface area contributed by atoms with Gasteiger partial charge >= 0.3 is 0 Å². The van der Waals surface area contributed by atoms with E-state index in [-0.39, 0.29) is 5.54 Å². The van der Waals surface area contributed by atoms with Crippen molar-refractivity contribution >= 4 is 0 Å². The van der Waals surface area contributed by atoms with Gasteiger partial charge in [-0.25, -0.2) is 0 Å². The molecule has 0 heterocycles. The predicted octanol–water partition coefficient (Wildman–Crippen LogP) is 2.49. The van der Waals surface area contributed by atoms with Crippen LogP contribution in [0, 0.1) is 0 Å². The molecule has 0 aliphatic heterocycles. The Morgan fingerprint density at radius 1 is 1.26 bits per heavy atom. The molecule has 0 aromatic heterocycles. The molecule has 0 amide bonds. The fraction of sp³-hybridized carbons (Fsp3) is 0.625. The maximum absolute atomic E-state index is 9.91. The second-order valence-corrected chi connectivity index (χ2v) is 5.80. The fourth-order valence-electron chi connectivity index (χ4n) is 2.64. The lowest BCUT2D eigenvalue weighted by molar-refractivity contribution is 0.0254. The standard InChI is InChI=1S/C16H25NO2/c1-16(9-5-6-10-16)17-11-15(18)13-19-12-14-7-3-2-4-8-14/h2-4,7-8,15,17-18H,5-6,9-13H2,1H3. The first-order valence-electron chi connectivity index (χ1n) is 7.23. The van der Waals surface area contributed by atoms with E-state index in [1.165, 1.54) is 25.7 Å². The van der Waals surface area contributed by atoms with Crippen LogP contribution in [0.1, 0.15) is 38.2 Å². The Hall–Kier alpha value is -0.900. The number of β-amino-alcohol motifs (C(OH)–C–C–N with tert-alkyl or cyclic N) is 1. The van der Waals surface area contributed by atoms with Gasteiger partial charge in [0.25, 0.3) is 0 Å². The molecule has 1 unspecified atom stereocenters. The molecule has 1 aliphatic rings. The SMILES string of the molecule is CC1(NCC(O)COCc2ccccc2)CCCC1. The summed E-state index contributed by atoms with van der Waals surface area (Å²) in [5.41, 5.74) is 1.37. The molecule has 0 radical (unpaired) electrons. The summed E-state index contributed by atoms with van der Waals surface area (Å²) in [6.45, 7) is 3.82. The van der Waals surface area contributed by atoms with E-state index >= 15 is 0 Å². The van der Waals surface area contributed by atoms with Crippen molar-refractivity contribution in [3.05, 3.63) is 35.9 Å². The van der Waals surface area contributed by atoms with E-state index in [9.17, 15) is 5.11 Å². The number of rotatable bonds is 7. The van der Waals surface area contributed by atoms with Crippen LogP contribution in [0.3, 0.4) is 0 Å². The summed E-state index contributed by atoms with van der Waals surface area (Å²) < 4.78 is 5.54. The van der Waals surface area contributed by atoms with Crippen LogP contribution in [-0.4, -0.2) is 29.9 Å². The van der Waals surface area contributed by atoms with E-state index in [2.05, 4.69) is 12.2 Å². The van der Waals surface area contributed by atoms with Crippen molar-refractivity contribution in [2.24, 2.45) is 0 Å². The number of aliphatic hydroxyl groups excluding tert-OH is 1. The summed E-state index contributed by atoms with van der Waals surface area (Å²) in [5.74, 6) is 0. The molecule has 0 bridgehead atoms. The van der Waals surface area contributed by atoms with Crippen molar-refractivity contribution in [2.45, 2.75) is 50.9 Å². The first-order chi connectivity index (χ1) is 9.18. The van der Waals surface area contributed by atoms with Crippen LogP contribution < -0.4 is 5.32 Å². The number of hydrogen-bond donors (Lipinski definition) is 2. The Bertz CT molecular complexity index is 360. The third kappa shape index (κ3) is 4.94. The van der Waals surface area contributed by atoms with Crippen LogP contribution in [0.2, 0.25) is 0 Å². The molecule has 1 fully saturated rings. The highest BCUT2D eigenvalue weighted by Crippen LogP contribution is 2.28. The summed E-state index contributed by atoms with van der Waals surface area (Å²) in [6, 6.07) is 10.0. The van der Waals surface area contributed by atoms with Gasteiger partial charge < -0.3 is 15.2 Å². The Labute approximate surface area is 116 Å². The molecule has 3 nitrogen and oxygen atoms in total. The van der Waals surface area contributed by atoms with Crippen LogP contribution in [0.4, 0.5) is 0 Å². The van der Waals surface area contributed by atoms with Crippen LogP contribution in [0.5, 0.6) is 0 Å². The monoisotopic (exact) mass is 263 g/mol. The second kappa shape index (κ2) is 7.04. The van der Waals surface area contributed by atoms with Gasteiger partial charge in [-0.3, -0.25) is 0 Å². The summed E-state index contributed by atoms with van der Waals surface area (Å²) in [5, 5.41) is 13.4. The van der Waals surface area contributed by atoms with Crippen molar-refractivity contribution in [1.82, 2.24) is 5.32 Å². The van der Waals surface area contributed by atoms with Crippen LogP contribution in [-0.2, 0) is 11.3 Å². The minimum atomic E-state index is -0.430. The van der Waals surface area contributed by atoms with E-state index in [4.69, 9.17) is 4.74 Å². The van der Waals surface area contributed by atoms with E-state index < -0.39 is 6.10 Å². The molecule has 1 aromatic rings. The van der Waals surface area contributed by atoms with Gasteiger partial charge in [0.1, 0.15) is 0 Å². The number of benzene rings is 1. The Kier molecular flexibility index (Phi) is 5.37. The molecule has 0 spiro atoms. The van der Waals surface area contributed by atoms with E-state index in [1.807, 2.05) is 30.3 Å². The van der Waals surface area contributed by atoms with Crippen molar-refractivity contribution in [3.8, 4) is 0 Å². The average molecular weight is 263 g/mol. The van der Waals surface area contributed by atoms with Crippen LogP contribution >= 0.6 is 0 Å². The van der Waals surface area contributed by atoms with E-state index in [0.29, 0.717) is 19.8 Å². The van der Waals surface area contributed by atoms with Gasteiger partial charge in [0.05, 0.1) is 19.3 Å². The third-order valence-corrected chi connectivity index (χ3v) is 3.89. The molecular weight excluding hydrogens is 238 g/mol. The number of hydrogen-bond acceptors (Lipinski definition) is 3. The van der Waals surface area contributed by atoms with Crippen molar-refractivity contribution in [1.29, 1.82) is 0 Å². The number of nitrogens with one attached hydrogen (secondary N) is 1. The smallest absolute Gasteiger partial charge is 0.0898 e. The summed E-state index contributed by atoms with van der Waals surface area (Å²) in [4.78, 5) is 0. The van der Waals surface area contributed by atoms with Gasteiger partial charge in [-0.1, -0.05) is 43.2 Å². The van der Waals surface area contributed by atoms with Gasteiger partial charge in [-0.2, -0.15) is 0 Å². The van der Waals surface area contributed by atoms with Crippen molar-refractivity contribution in [2.75, 3.05) is 13.2 Å². The molecule has 1 atom stereocenters. The first kappa shape index (κ1) is 14.5. The van der Waals surface area contributed by atoms with Gasteiger partial charge in [-0.05, 0) is 25.3 Å². The zero-order valence-corrected chi connectivity index (χ0v) is 11.8. The summed E-state index contributed by atoms with van der Waals surface area (Å²) in [7, 11) is 0. The molecule has 19 heavy (non-hydrogen) atoms. The fourth-order valence-corrected chi connectivity index (χ4v) is 2.64. The Morgan fingerprint density at radius 3 is 2.63 bits per heavy atom. The van der Waals surface area contributed by atoms with Crippen molar-refractivity contribution in [3.63, 3.8) is 0 Å². The van der Waals surface area contributed by atoms with E-state index in [1.54, 1.807) is 0 Å². The number of ether oxygens (including phenoxy) is 1. The molecule has 0 saturated heterocycles. The van der Waals surface area contributed by atoms with Gasteiger partial charge in [-0.15, -0.1) is 0 Å². The lowest BCUT2D eigenvalue weighted by Gasteiger charge is -2.27. The second-order valence-electron chi connectivity index (χ2n) is 5.80. The van der Waals surface area contributed by atoms with Crippen LogP contribution in [0.15, 0.2) is 30.3 Å². The molecule has 1 saturated carbocycles. The quantitative estimate of drug-likeness (QED) is 0.794. The highest BCUT2D eigenvalue weighted by atomic mass is 16.5. The normalized spacial score (nSPS) is 19.5. The van der Waals surface area contributed by atoms with Gasteiger partial charge in [0, 0.05) is 12.1 Å². The lowest BCUT2D eigenvalue weighted by atomic mass is 10.0. The summed E-state index contributed by atoms with van der Waals surface area (Å²) in [6.07, 6.45) is 4.59. The Balaban J connectivity index is 1.61. The highest BCUT2D eigenvalue weighted by Gasteiger charge is 2.28. The molecule has 2 N–H and O–H groups in total. The topological polar surface area (TPSA) is 41.5 Å². The Morgan fingerprint density at radius 2 is 1.95 bits per heavy atom. The molecule has 1 aromatic carbocycles. The van der Waals surface area contributed by atoms with Gasteiger partial charge in [0.2, 0.25) is 0 Å². The minimum absolute atomic E-state index is 0.223. The highest BCUT2D eigenvalue weighted by molar-refractivity contribution is 5.13. The molecular formula is C16H25NO2. The maximum atomic E-state index is 9.91. The molecule has 2 rings (SSSR count). The van der Waals surface area contributed by atoms with E-state index in [0.717, 1.165) is 5.56 Å². The maximum Gasteiger partial charge on any atom is 0.0898 e. The minimum Gasteiger partial charge on any atom is -0.389 e. The lowest BCUT2D eigenvalue weighted by Crippen LogP contribution is -2.44. The third-order valence-electron chi connectivity index (χ3n) is 3.89. The summed E-state index contributed by atoms with van der Waals surface area (Å²) >= 11 is 0. The van der Waals surface area contributed by atoms with Crippen LogP contribution in [0.25, 0.3) is 0 Å². The molecule has 3 heteroatoms. The molecule has 106 valence electrons. The largest absolute Gasteiger partial charge is 0.389 e. The first-order valence-corrected chi connectivity index (χ1v) is 7.23. The number of aliphatic hydroxyl groups is 1. The zero-order chi connectivity index (χ0) is 13.6. The average Bonchev–Trinajstić information content (AvgIpc) is 2.85. The zero-order valence-electron chi connectivity index (χ0n) is 11.8. The van der Waals surface area contributed by atoms with Gasteiger partial charge in [0.15, 0.2) is 0 Å². The predicted molar refractivity (Wildman–Crippen MR) is 77.0 cm³/mol. The molecule has 1 aliphatic carbocycles.